The third kappa shape index (κ3) is 4.27. The van der Waals surface area contributed by atoms with Crippen LogP contribution in [-0.4, -0.2) is 43.3 Å². The van der Waals surface area contributed by atoms with Crippen molar-refractivity contribution in [1.29, 1.82) is 0 Å². The highest BCUT2D eigenvalue weighted by molar-refractivity contribution is 5.77. The van der Waals surface area contributed by atoms with E-state index >= 15 is 0 Å². The van der Waals surface area contributed by atoms with Crippen molar-refractivity contribution in [1.82, 2.24) is 24.6 Å². The first-order valence-electron chi connectivity index (χ1n) is 10.9. The van der Waals surface area contributed by atoms with Crippen molar-refractivity contribution in [3.63, 3.8) is 0 Å². The number of benzene rings is 1. The van der Waals surface area contributed by atoms with Crippen LogP contribution in [0.4, 0.5) is 0 Å². The van der Waals surface area contributed by atoms with E-state index in [9.17, 15) is 4.79 Å². The number of rotatable bonds is 7. The summed E-state index contributed by atoms with van der Waals surface area (Å²) in [6.07, 6.45) is 9.01. The molecule has 1 aliphatic heterocycles. The number of nitrogens with zero attached hydrogens (tertiary/aromatic N) is 4. The van der Waals surface area contributed by atoms with Gasteiger partial charge >= 0.3 is 0 Å². The van der Waals surface area contributed by atoms with Crippen LogP contribution in [0.15, 0.2) is 41.3 Å². The lowest BCUT2D eigenvalue weighted by Gasteiger charge is -2.39. The lowest BCUT2D eigenvalue weighted by atomic mass is 9.97. The molecule has 0 aliphatic carbocycles. The topological polar surface area (TPSA) is 66.8 Å². The Morgan fingerprint density at radius 2 is 1.79 bits per heavy atom. The van der Waals surface area contributed by atoms with Crippen LogP contribution >= 0.6 is 0 Å². The molecular weight excluding hydrogens is 362 g/mol. The summed E-state index contributed by atoms with van der Waals surface area (Å²) in [6, 6.07) is 11.1. The van der Waals surface area contributed by atoms with Crippen molar-refractivity contribution in [3.8, 4) is 11.4 Å². The van der Waals surface area contributed by atoms with Gasteiger partial charge in [-0.2, -0.15) is 5.10 Å². The minimum atomic E-state index is -0.0610. The summed E-state index contributed by atoms with van der Waals surface area (Å²) >= 11 is 0. The molecule has 3 aromatic rings. The Balaban J connectivity index is 1.45. The molecule has 2 aromatic heterocycles. The van der Waals surface area contributed by atoms with E-state index in [-0.39, 0.29) is 5.56 Å². The van der Waals surface area contributed by atoms with Crippen LogP contribution in [0.2, 0.25) is 0 Å². The molecule has 6 heteroatoms. The fraction of sp³-hybridized carbons (Fsp3) is 0.522. The Morgan fingerprint density at radius 3 is 2.55 bits per heavy atom. The second kappa shape index (κ2) is 8.91. The van der Waals surface area contributed by atoms with Crippen molar-refractivity contribution in [3.05, 3.63) is 46.9 Å². The number of aromatic nitrogens is 4. The van der Waals surface area contributed by atoms with E-state index in [0.29, 0.717) is 30.0 Å². The number of likely N-dealkylation sites (tertiary alicyclic amines) is 1. The highest BCUT2D eigenvalue weighted by Gasteiger charge is 2.23. The summed E-state index contributed by atoms with van der Waals surface area (Å²) in [7, 11) is 0. The molecule has 2 atom stereocenters. The predicted molar refractivity (Wildman–Crippen MR) is 117 cm³/mol. The Hall–Kier alpha value is -2.47. The lowest BCUT2D eigenvalue weighted by Crippen LogP contribution is -2.44. The van der Waals surface area contributed by atoms with Crippen molar-refractivity contribution in [2.75, 3.05) is 6.54 Å². The molecule has 3 heterocycles. The first kappa shape index (κ1) is 19.8. The van der Waals surface area contributed by atoms with E-state index in [2.05, 4.69) is 33.9 Å². The predicted octanol–water partition coefficient (Wildman–Crippen LogP) is 4.22. The fourth-order valence-electron chi connectivity index (χ4n) is 4.63. The van der Waals surface area contributed by atoms with Gasteiger partial charge < -0.3 is 4.57 Å². The molecule has 1 N–H and O–H groups in total. The summed E-state index contributed by atoms with van der Waals surface area (Å²) in [5.74, 6) is 0. The van der Waals surface area contributed by atoms with Gasteiger partial charge in [0.05, 0.1) is 11.0 Å². The second-order valence-corrected chi connectivity index (χ2v) is 8.29. The van der Waals surface area contributed by atoms with Crippen LogP contribution in [-0.2, 0) is 6.54 Å². The number of piperidine rings is 1. The SMILES string of the molecule is C[C@@H]1CCC[C@H](C)N1CCCCCn1c(=O)c(-c2cc[nH]n2)nc2ccccc21. The first-order valence-corrected chi connectivity index (χ1v) is 10.9. The molecule has 0 radical (unpaired) electrons. The van der Waals surface area contributed by atoms with Gasteiger partial charge in [0.2, 0.25) is 0 Å². The van der Waals surface area contributed by atoms with E-state index < -0.39 is 0 Å². The summed E-state index contributed by atoms with van der Waals surface area (Å²) in [5, 5.41) is 6.94. The highest BCUT2D eigenvalue weighted by atomic mass is 16.1. The minimum Gasteiger partial charge on any atom is -0.305 e. The summed E-state index contributed by atoms with van der Waals surface area (Å²) in [4.78, 5) is 20.4. The Bertz CT molecular complexity index is 984. The number of nitrogens with one attached hydrogen (secondary N) is 1. The van der Waals surface area contributed by atoms with E-state index in [1.807, 2.05) is 28.8 Å². The molecule has 0 spiro atoms. The molecule has 0 bridgehead atoms. The zero-order chi connectivity index (χ0) is 20.2. The molecule has 4 rings (SSSR count). The van der Waals surface area contributed by atoms with Crippen LogP contribution in [0.25, 0.3) is 22.4 Å². The van der Waals surface area contributed by atoms with Crippen LogP contribution in [0.1, 0.15) is 52.4 Å². The van der Waals surface area contributed by atoms with Gasteiger partial charge in [-0.3, -0.25) is 14.8 Å². The Labute approximate surface area is 172 Å². The van der Waals surface area contributed by atoms with Crippen molar-refractivity contribution in [2.24, 2.45) is 0 Å². The van der Waals surface area contributed by atoms with Gasteiger partial charge in [0.15, 0.2) is 5.69 Å². The van der Waals surface area contributed by atoms with E-state index in [1.54, 1.807) is 12.3 Å². The molecule has 1 aromatic carbocycles. The third-order valence-electron chi connectivity index (χ3n) is 6.27. The quantitative estimate of drug-likeness (QED) is 0.610. The summed E-state index contributed by atoms with van der Waals surface area (Å²) in [6.45, 7) is 6.58. The zero-order valence-electron chi connectivity index (χ0n) is 17.5. The molecular formula is C23H31N5O. The first-order chi connectivity index (χ1) is 14.1. The van der Waals surface area contributed by atoms with Crippen molar-refractivity contribution in [2.45, 2.75) is 71.0 Å². The zero-order valence-corrected chi connectivity index (χ0v) is 17.5. The fourth-order valence-corrected chi connectivity index (χ4v) is 4.63. The molecule has 154 valence electrons. The molecule has 1 saturated heterocycles. The molecule has 1 aliphatic rings. The van der Waals surface area contributed by atoms with Gasteiger partial charge in [0.25, 0.3) is 5.56 Å². The smallest absolute Gasteiger partial charge is 0.279 e. The number of hydrogen-bond acceptors (Lipinski definition) is 4. The molecule has 1 fully saturated rings. The number of unbranched alkanes of at least 4 members (excludes halogenated alkanes) is 2. The average molecular weight is 394 g/mol. The number of aromatic amines is 1. The van der Waals surface area contributed by atoms with Gasteiger partial charge in [-0.1, -0.05) is 25.0 Å². The Morgan fingerprint density at radius 1 is 1.03 bits per heavy atom. The number of hydrogen-bond donors (Lipinski definition) is 1. The maximum atomic E-state index is 13.1. The molecule has 0 unspecified atom stereocenters. The monoisotopic (exact) mass is 393 g/mol. The van der Waals surface area contributed by atoms with Crippen molar-refractivity contribution < 1.29 is 0 Å². The molecule has 0 amide bonds. The standard InChI is InChI=1S/C23H31N5O/c1-17-9-8-10-18(2)27(17)15-6-3-7-16-28-21-12-5-4-11-19(21)25-22(23(28)29)20-13-14-24-26-20/h4-5,11-14,17-18H,3,6-10,15-16H2,1-2H3,(H,24,26)/t17-,18+. The third-order valence-corrected chi connectivity index (χ3v) is 6.27. The van der Waals surface area contributed by atoms with Gasteiger partial charge in [0.1, 0.15) is 5.69 Å². The number of fused-ring (bicyclic) bond motifs is 1. The Kier molecular flexibility index (Phi) is 6.09. The maximum Gasteiger partial charge on any atom is 0.279 e. The number of H-pyrrole nitrogens is 1. The van der Waals surface area contributed by atoms with Crippen molar-refractivity contribution >= 4 is 11.0 Å². The number of para-hydroxylation sites is 2. The van der Waals surface area contributed by atoms with Crippen LogP contribution in [0.5, 0.6) is 0 Å². The molecule has 0 saturated carbocycles. The maximum absolute atomic E-state index is 13.1. The van der Waals surface area contributed by atoms with Gasteiger partial charge in [-0.25, -0.2) is 4.98 Å². The van der Waals surface area contributed by atoms with E-state index in [4.69, 9.17) is 0 Å². The summed E-state index contributed by atoms with van der Waals surface area (Å²) < 4.78 is 1.87. The van der Waals surface area contributed by atoms with E-state index in [1.165, 1.54) is 25.7 Å². The largest absolute Gasteiger partial charge is 0.305 e. The average Bonchev–Trinajstić information content (AvgIpc) is 3.25. The lowest BCUT2D eigenvalue weighted by molar-refractivity contribution is 0.101. The van der Waals surface area contributed by atoms with Gasteiger partial charge in [-0.05, 0) is 64.3 Å². The summed E-state index contributed by atoms with van der Waals surface area (Å²) in [5.41, 5.74) is 2.69. The van der Waals surface area contributed by atoms with E-state index in [0.717, 1.165) is 30.4 Å². The van der Waals surface area contributed by atoms with Gasteiger partial charge in [-0.15, -0.1) is 0 Å². The number of aryl methyl sites for hydroxylation is 1. The van der Waals surface area contributed by atoms with Crippen LogP contribution in [0.3, 0.4) is 0 Å². The molecule has 29 heavy (non-hydrogen) atoms. The van der Waals surface area contributed by atoms with Crippen LogP contribution < -0.4 is 5.56 Å². The minimum absolute atomic E-state index is 0.0610. The highest BCUT2D eigenvalue weighted by Crippen LogP contribution is 2.23. The second-order valence-electron chi connectivity index (χ2n) is 8.29. The molecule has 6 nitrogen and oxygen atoms in total. The van der Waals surface area contributed by atoms with Crippen LogP contribution in [0, 0.1) is 0 Å². The van der Waals surface area contributed by atoms with Gasteiger partial charge in [0, 0.05) is 24.8 Å². The normalized spacial score (nSPS) is 20.3.